The number of aromatic nitrogens is 2. The molecule has 0 radical (unpaired) electrons. The molecule has 0 fully saturated rings. The molecule has 0 amide bonds. The van der Waals surface area contributed by atoms with Crippen LogP contribution in [0.15, 0.2) is 17.5 Å². The molecule has 0 atom stereocenters. The Hall–Kier alpha value is -1.46. The highest BCUT2D eigenvalue weighted by Crippen LogP contribution is 2.27. The van der Waals surface area contributed by atoms with Crippen LogP contribution in [0.2, 0.25) is 5.15 Å². The fourth-order valence-corrected chi connectivity index (χ4v) is 2.27. The lowest BCUT2D eigenvalue weighted by molar-refractivity contribution is 0.0690. The van der Waals surface area contributed by atoms with Crippen LogP contribution >= 0.6 is 22.9 Å². The van der Waals surface area contributed by atoms with Gasteiger partial charge < -0.3 is 5.11 Å². The van der Waals surface area contributed by atoms with E-state index in [4.69, 9.17) is 16.7 Å². The summed E-state index contributed by atoms with van der Waals surface area (Å²) in [4.78, 5) is 19.6. The van der Waals surface area contributed by atoms with Gasteiger partial charge in [0.1, 0.15) is 5.15 Å². The second-order valence-electron chi connectivity index (χ2n) is 3.14. The molecular weight excluding hydrogens is 248 g/mol. The number of carbonyl (C=O) groups is 1. The van der Waals surface area contributed by atoms with Crippen molar-refractivity contribution >= 4 is 28.9 Å². The predicted octanol–water partition coefficient (Wildman–Crippen LogP) is 2.87. The number of hydrogen-bond acceptors (Lipinski definition) is 4. The Morgan fingerprint density at radius 1 is 1.50 bits per heavy atom. The van der Waals surface area contributed by atoms with Crippen LogP contribution in [0.4, 0.5) is 0 Å². The molecule has 6 heteroatoms. The maximum Gasteiger partial charge on any atom is 0.354 e. The van der Waals surface area contributed by atoms with Gasteiger partial charge in [-0.05, 0) is 23.9 Å². The van der Waals surface area contributed by atoms with Crippen molar-refractivity contribution in [2.24, 2.45) is 0 Å². The zero-order valence-electron chi connectivity index (χ0n) is 8.27. The Labute approximate surface area is 101 Å². The van der Waals surface area contributed by atoms with Crippen molar-refractivity contribution in [1.82, 2.24) is 9.97 Å². The molecule has 1 N–H and O–H groups in total. The summed E-state index contributed by atoms with van der Waals surface area (Å²) in [6, 6.07) is 3.15. The summed E-state index contributed by atoms with van der Waals surface area (Å²) in [5.41, 5.74) is 0.909. The Kier molecular flexibility index (Phi) is 2.89. The van der Waals surface area contributed by atoms with Gasteiger partial charge in [0.15, 0.2) is 11.5 Å². The molecule has 0 aliphatic rings. The van der Waals surface area contributed by atoms with E-state index in [1.807, 2.05) is 18.4 Å². The lowest BCUT2D eigenvalue weighted by atomic mass is 10.3. The molecule has 0 saturated heterocycles. The van der Waals surface area contributed by atoms with E-state index in [1.165, 1.54) is 17.4 Å². The monoisotopic (exact) mass is 254 g/mol. The number of rotatable bonds is 2. The summed E-state index contributed by atoms with van der Waals surface area (Å²) in [6.45, 7) is 1.91. The molecule has 0 spiro atoms. The van der Waals surface area contributed by atoms with Gasteiger partial charge in [-0.2, -0.15) is 0 Å². The molecule has 0 aliphatic carbocycles. The molecule has 4 nitrogen and oxygen atoms in total. The Morgan fingerprint density at radius 2 is 2.25 bits per heavy atom. The third-order valence-corrected chi connectivity index (χ3v) is 3.19. The van der Waals surface area contributed by atoms with Crippen molar-refractivity contribution in [2.45, 2.75) is 6.92 Å². The van der Waals surface area contributed by atoms with Crippen LogP contribution in [-0.2, 0) is 0 Å². The minimum absolute atomic E-state index is 0.0946. The third-order valence-electron chi connectivity index (χ3n) is 1.98. The quantitative estimate of drug-likeness (QED) is 0.837. The highest BCUT2D eigenvalue weighted by atomic mass is 35.5. The molecule has 2 aromatic heterocycles. The first kappa shape index (κ1) is 11.0. The van der Waals surface area contributed by atoms with Crippen LogP contribution in [0.1, 0.15) is 16.1 Å². The average molecular weight is 255 g/mol. The van der Waals surface area contributed by atoms with E-state index in [0.717, 1.165) is 10.4 Å². The first-order valence-corrected chi connectivity index (χ1v) is 5.66. The summed E-state index contributed by atoms with van der Waals surface area (Å²) in [7, 11) is 0. The molecule has 2 aromatic rings. The molecule has 82 valence electrons. The second-order valence-corrected chi connectivity index (χ2v) is 4.44. The maximum absolute atomic E-state index is 10.8. The molecule has 0 aromatic carbocycles. The minimum Gasteiger partial charge on any atom is -0.477 e. The molecule has 2 rings (SSSR count). The number of nitrogens with zero attached hydrogens (tertiary/aromatic N) is 2. The van der Waals surface area contributed by atoms with Gasteiger partial charge in [-0.15, -0.1) is 11.3 Å². The Bertz CT molecular complexity index is 554. The average Bonchev–Trinajstić information content (AvgIpc) is 2.63. The minimum atomic E-state index is -1.11. The van der Waals surface area contributed by atoms with Gasteiger partial charge in [-0.3, -0.25) is 0 Å². The highest BCUT2D eigenvalue weighted by Gasteiger charge is 2.13. The Morgan fingerprint density at radius 3 is 2.81 bits per heavy atom. The van der Waals surface area contributed by atoms with Gasteiger partial charge in [0.05, 0.1) is 4.88 Å². The Balaban J connectivity index is 2.58. The van der Waals surface area contributed by atoms with Crippen LogP contribution in [0.25, 0.3) is 10.7 Å². The SMILES string of the molecule is Cc1ccsc1-c1nc(Cl)cc(C(=O)O)n1. The molecular formula is C10H7ClN2O2S. The second kappa shape index (κ2) is 4.19. The number of halogens is 1. The van der Waals surface area contributed by atoms with E-state index in [0.29, 0.717) is 5.82 Å². The van der Waals surface area contributed by atoms with Crippen LogP contribution < -0.4 is 0 Å². The zero-order chi connectivity index (χ0) is 11.7. The number of carboxylic acid groups (broad SMARTS) is 1. The molecule has 0 aliphatic heterocycles. The standard InChI is InChI=1S/C10H7ClN2O2S/c1-5-2-3-16-8(5)9-12-6(10(14)15)4-7(11)13-9/h2-4H,1H3,(H,14,15). The van der Waals surface area contributed by atoms with Crippen LogP contribution in [-0.4, -0.2) is 21.0 Å². The molecule has 2 heterocycles. The molecule has 16 heavy (non-hydrogen) atoms. The van der Waals surface area contributed by atoms with E-state index in [1.54, 1.807) is 0 Å². The van der Waals surface area contributed by atoms with E-state index in [9.17, 15) is 4.79 Å². The van der Waals surface area contributed by atoms with E-state index in [-0.39, 0.29) is 10.8 Å². The van der Waals surface area contributed by atoms with Gasteiger partial charge >= 0.3 is 5.97 Å². The lowest BCUT2D eigenvalue weighted by Crippen LogP contribution is -2.02. The van der Waals surface area contributed by atoms with Crippen LogP contribution in [0, 0.1) is 6.92 Å². The van der Waals surface area contributed by atoms with Crippen LogP contribution in [0.3, 0.4) is 0 Å². The fourth-order valence-electron chi connectivity index (χ4n) is 1.23. The number of hydrogen-bond donors (Lipinski definition) is 1. The van der Waals surface area contributed by atoms with E-state index in [2.05, 4.69) is 9.97 Å². The topological polar surface area (TPSA) is 63.1 Å². The highest BCUT2D eigenvalue weighted by molar-refractivity contribution is 7.13. The van der Waals surface area contributed by atoms with Crippen molar-refractivity contribution < 1.29 is 9.90 Å². The van der Waals surface area contributed by atoms with Crippen molar-refractivity contribution in [3.8, 4) is 10.7 Å². The van der Waals surface area contributed by atoms with Gasteiger partial charge in [0.25, 0.3) is 0 Å². The molecule has 0 bridgehead atoms. The third kappa shape index (κ3) is 2.05. The van der Waals surface area contributed by atoms with Crippen LogP contribution in [0.5, 0.6) is 0 Å². The molecule has 0 unspecified atom stereocenters. The van der Waals surface area contributed by atoms with Crippen molar-refractivity contribution in [3.05, 3.63) is 33.9 Å². The summed E-state index contributed by atoms with van der Waals surface area (Å²) in [5.74, 6) is -0.753. The fraction of sp³-hybridized carbons (Fsp3) is 0.100. The predicted molar refractivity (Wildman–Crippen MR) is 62.1 cm³/mol. The van der Waals surface area contributed by atoms with E-state index >= 15 is 0 Å². The van der Waals surface area contributed by atoms with Crippen molar-refractivity contribution in [1.29, 1.82) is 0 Å². The van der Waals surface area contributed by atoms with Crippen molar-refractivity contribution in [3.63, 3.8) is 0 Å². The largest absolute Gasteiger partial charge is 0.477 e. The first-order valence-electron chi connectivity index (χ1n) is 4.40. The zero-order valence-corrected chi connectivity index (χ0v) is 9.84. The normalized spacial score (nSPS) is 10.4. The summed E-state index contributed by atoms with van der Waals surface area (Å²) < 4.78 is 0. The number of aryl methyl sites for hydroxylation is 1. The number of thiophene rings is 1. The first-order chi connectivity index (χ1) is 7.58. The van der Waals surface area contributed by atoms with Crippen molar-refractivity contribution in [2.75, 3.05) is 0 Å². The summed E-state index contributed by atoms with van der Waals surface area (Å²) >= 11 is 7.21. The van der Waals surface area contributed by atoms with E-state index < -0.39 is 5.97 Å². The summed E-state index contributed by atoms with van der Waals surface area (Å²) in [6.07, 6.45) is 0. The maximum atomic E-state index is 10.8. The van der Waals surface area contributed by atoms with Gasteiger partial charge in [0.2, 0.25) is 0 Å². The van der Waals surface area contributed by atoms with Gasteiger partial charge in [-0.1, -0.05) is 11.6 Å². The van der Waals surface area contributed by atoms with Gasteiger partial charge in [0, 0.05) is 6.07 Å². The summed E-state index contributed by atoms with van der Waals surface area (Å²) in [5, 5.41) is 10.9. The van der Waals surface area contributed by atoms with Gasteiger partial charge in [-0.25, -0.2) is 14.8 Å². The number of carboxylic acids is 1. The number of aromatic carboxylic acids is 1. The molecule has 0 saturated carbocycles. The smallest absolute Gasteiger partial charge is 0.354 e. The lowest BCUT2D eigenvalue weighted by Gasteiger charge is -2.01.